The number of guanidine groups is 1. The number of hydrogen-bond donors (Lipinski definition) is 2. The Morgan fingerprint density at radius 2 is 1.81 bits per heavy atom. The van der Waals surface area contributed by atoms with Gasteiger partial charge in [0.25, 0.3) is 0 Å². The van der Waals surface area contributed by atoms with E-state index in [4.69, 9.17) is 4.74 Å². The topological polar surface area (TPSA) is 83.0 Å². The molecule has 0 radical (unpaired) electrons. The Balaban J connectivity index is 0.00000289. The molecule has 0 spiro atoms. The lowest BCUT2D eigenvalue weighted by atomic mass is 9.85. The molecule has 7 nitrogen and oxygen atoms in total. The Kier molecular flexibility index (Phi) is 8.70. The number of imide groups is 1. The van der Waals surface area contributed by atoms with Crippen molar-refractivity contribution in [2.75, 3.05) is 26.7 Å². The summed E-state index contributed by atoms with van der Waals surface area (Å²) in [6, 6.07) is 8.20. The van der Waals surface area contributed by atoms with Crippen LogP contribution in [0.4, 0.5) is 0 Å². The zero-order chi connectivity index (χ0) is 21.8. The maximum atomic E-state index is 12.8. The minimum absolute atomic E-state index is 0. The Morgan fingerprint density at radius 3 is 2.47 bits per heavy atom. The molecule has 1 aromatic carbocycles. The number of carbonyl (C=O) groups is 2. The standard InChI is InChI=1S/C24H32N4O3.HI/c1-3-25-24(27-14-16-6-4-7-17(12-16)15-31-2)26-10-5-11-28-22(29)20-18-8-9-19(13-18)21(20)23(28)30;/h4,6-9,12,18-21H,3,5,10-11,13-15H2,1-2H3,(H2,25,26,27);1H. The van der Waals surface area contributed by atoms with Crippen LogP contribution in [0.2, 0.25) is 0 Å². The van der Waals surface area contributed by atoms with E-state index in [0.29, 0.717) is 32.7 Å². The quantitative estimate of drug-likeness (QED) is 0.123. The highest BCUT2D eigenvalue weighted by Crippen LogP contribution is 2.52. The molecule has 1 aliphatic heterocycles. The van der Waals surface area contributed by atoms with E-state index in [0.717, 1.165) is 30.1 Å². The first-order chi connectivity index (χ1) is 15.1. The fraction of sp³-hybridized carbons (Fsp3) is 0.542. The van der Waals surface area contributed by atoms with Crippen LogP contribution in [0.15, 0.2) is 41.4 Å². The van der Waals surface area contributed by atoms with E-state index in [1.165, 1.54) is 4.90 Å². The highest BCUT2D eigenvalue weighted by atomic mass is 127. The second kappa shape index (κ2) is 11.3. The van der Waals surface area contributed by atoms with E-state index in [1.54, 1.807) is 7.11 Å². The van der Waals surface area contributed by atoms with Gasteiger partial charge in [0.2, 0.25) is 11.8 Å². The van der Waals surface area contributed by atoms with Crippen molar-refractivity contribution >= 4 is 41.8 Å². The van der Waals surface area contributed by atoms with Crippen molar-refractivity contribution in [2.24, 2.45) is 28.7 Å². The summed E-state index contributed by atoms with van der Waals surface area (Å²) >= 11 is 0. The molecule has 1 heterocycles. The Labute approximate surface area is 207 Å². The lowest BCUT2D eigenvalue weighted by molar-refractivity contribution is -0.140. The molecule has 174 valence electrons. The van der Waals surface area contributed by atoms with Gasteiger partial charge in [-0.1, -0.05) is 36.4 Å². The Hall–Kier alpha value is -1.94. The van der Waals surface area contributed by atoms with Gasteiger partial charge in [0.1, 0.15) is 0 Å². The third kappa shape index (κ3) is 5.17. The van der Waals surface area contributed by atoms with E-state index in [2.05, 4.69) is 39.9 Å². The van der Waals surface area contributed by atoms with Gasteiger partial charge in [0.15, 0.2) is 5.96 Å². The van der Waals surface area contributed by atoms with Gasteiger partial charge < -0.3 is 15.4 Å². The summed E-state index contributed by atoms with van der Waals surface area (Å²) in [5.74, 6) is 1.12. The minimum Gasteiger partial charge on any atom is -0.380 e. The SMILES string of the molecule is CCNC(=NCc1cccc(COC)c1)NCCCN1C(=O)C2C3C=CC(C3)C2C1=O.I. The van der Waals surface area contributed by atoms with E-state index < -0.39 is 0 Å². The molecular formula is C24H33IN4O3. The Morgan fingerprint density at radius 1 is 1.12 bits per heavy atom. The smallest absolute Gasteiger partial charge is 0.233 e. The van der Waals surface area contributed by atoms with Gasteiger partial charge in [0, 0.05) is 26.7 Å². The molecule has 2 aliphatic carbocycles. The molecule has 8 heteroatoms. The first-order valence-electron chi connectivity index (χ1n) is 11.2. The number of ether oxygens (including phenoxy) is 1. The van der Waals surface area contributed by atoms with Crippen LogP contribution in [0.1, 0.15) is 30.9 Å². The van der Waals surface area contributed by atoms with Gasteiger partial charge in [-0.2, -0.15) is 0 Å². The van der Waals surface area contributed by atoms with Crippen molar-refractivity contribution in [1.82, 2.24) is 15.5 Å². The summed E-state index contributed by atoms with van der Waals surface area (Å²) in [5.41, 5.74) is 2.25. The van der Waals surface area contributed by atoms with E-state index in [9.17, 15) is 9.59 Å². The number of benzene rings is 1. The molecule has 0 aromatic heterocycles. The van der Waals surface area contributed by atoms with Crippen LogP contribution in [-0.4, -0.2) is 49.4 Å². The molecule has 1 saturated carbocycles. The number of allylic oxidation sites excluding steroid dienone is 2. The van der Waals surface area contributed by atoms with Crippen molar-refractivity contribution in [3.63, 3.8) is 0 Å². The first kappa shape index (κ1) is 24.7. The Bertz CT molecular complexity index is 858. The molecule has 2 N–H and O–H groups in total. The zero-order valence-electron chi connectivity index (χ0n) is 18.8. The van der Waals surface area contributed by atoms with Crippen LogP contribution in [0.25, 0.3) is 0 Å². The molecule has 4 unspecified atom stereocenters. The predicted octanol–water partition coefficient (Wildman–Crippen LogP) is 2.70. The second-order valence-corrected chi connectivity index (χ2v) is 8.56. The van der Waals surface area contributed by atoms with Gasteiger partial charge in [-0.15, -0.1) is 24.0 Å². The average Bonchev–Trinajstić information content (AvgIpc) is 3.45. The summed E-state index contributed by atoms with van der Waals surface area (Å²) in [5, 5.41) is 6.57. The van der Waals surface area contributed by atoms with Crippen molar-refractivity contribution in [3.05, 3.63) is 47.5 Å². The average molecular weight is 552 g/mol. The number of likely N-dealkylation sites (tertiary alicyclic amines) is 1. The maximum absolute atomic E-state index is 12.8. The lowest BCUT2D eigenvalue weighted by Crippen LogP contribution is -2.40. The summed E-state index contributed by atoms with van der Waals surface area (Å²) in [6.45, 7) is 5.05. The molecular weight excluding hydrogens is 519 g/mol. The van der Waals surface area contributed by atoms with Gasteiger partial charge in [0.05, 0.1) is 25.0 Å². The number of fused-ring (bicyclic) bond motifs is 5. The normalized spacial score (nSPS) is 25.8. The van der Waals surface area contributed by atoms with Crippen LogP contribution in [0.5, 0.6) is 0 Å². The largest absolute Gasteiger partial charge is 0.380 e. The predicted molar refractivity (Wildman–Crippen MR) is 134 cm³/mol. The molecule has 1 aromatic rings. The van der Waals surface area contributed by atoms with Crippen molar-refractivity contribution in [2.45, 2.75) is 32.9 Å². The maximum Gasteiger partial charge on any atom is 0.233 e. The number of rotatable bonds is 9. The van der Waals surface area contributed by atoms with Crippen molar-refractivity contribution < 1.29 is 14.3 Å². The monoisotopic (exact) mass is 552 g/mol. The van der Waals surface area contributed by atoms with E-state index >= 15 is 0 Å². The van der Waals surface area contributed by atoms with Crippen LogP contribution in [-0.2, 0) is 27.5 Å². The van der Waals surface area contributed by atoms with E-state index in [1.807, 2.05) is 19.1 Å². The number of carbonyl (C=O) groups excluding carboxylic acids is 2. The fourth-order valence-corrected chi connectivity index (χ4v) is 5.12. The van der Waals surface area contributed by atoms with Gasteiger partial charge in [-0.3, -0.25) is 14.5 Å². The second-order valence-electron chi connectivity index (χ2n) is 8.56. The summed E-state index contributed by atoms with van der Waals surface area (Å²) in [4.78, 5) is 31.7. The van der Waals surface area contributed by atoms with Crippen LogP contribution in [0, 0.1) is 23.7 Å². The highest BCUT2D eigenvalue weighted by Gasteiger charge is 2.58. The molecule has 4 rings (SSSR count). The molecule has 2 bridgehead atoms. The number of nitrogens with one attached hydrogen (secondary N) is 2. The number of halogens is 1. The van der Waals surface area contributed by atoms with Crippen molar-refractivity contribution in [3.8, 4) is 0 Å². The van der Waals surface area contributed by atoms with Crippen molar-refractivity contribution in [1.29, 1.82) is 0 Å². The molecule has 4 atom stereocenters. The minimum atomic E-state index is -0.108. The third-order valence-electron chi connectivity index (χ3n) is 6.48. The van der Waals surface area contributed by atoms with Gasteiger partial charge in [-0.25, -0.2) is 4.99 Å². The van der Waals surface area contributed by atoms with Gasteiger partial charge >= 0.3 is 0 Å². The number of nitrogens with zero attached hydrogens (tertiary/aromatic N) is 2. The highest BCUT2D eigenvalue weighted by molar-refractivity contribution is 14.0. The van der Waals surface area contributed by atoms with Crippen LogP contribution >= 0.6 is 24.0 Å². The molecule has 3 aliphatic rings. The third-order valence-corrected chi connectivity index (χ3v) is 6.48. The summed E-state index contributed by atoms with van der Waals surface area (Å²) in [6.07, 6.45) is 5.94. The van der Waals surface area contributed by atoms with Gasteiger partial charge in [-0.05, 0) is 42.7 Å². The fourth-order valence-electron chi connectivity index (χ4n) is 5.12. The molecule has 2 amide bonds. The van der Waals surface area contributed by atoms with Crippen LogP contribution < -0.4 is 10.6 Å². The molecule has 2 fully saturated rings. The number of hydrogen-bond acceptors (Lipinski definition) is 4. The number of amides is 2. The summed E-state index contributed by atoms with van der Waals surface area (Å²) in [7, 11) is 1.69. The zero-order valence-corrected chi connectivity index (χ0v) is 21.1. The molecule has 1 saturated heterocycles. The lowest BCUT2D eigenvalue weighted by Gasteiger charge is -2.18. The summed E-state index contributed by atoms with van der Waals surface area (Å²) < 4.78 is 5.19. The number of methoxy groups -OCH3 is 1. The van der Waals surface area contributed by atoms with E-state index in [-0.39, 0.29) is 59.5 Å². The molecule has 32 heavy (non-hydrogen) atoms. The first-order valence-corrected chi connectivity index (χ1v) is 11.2. The number of aliphatic imine (C=N–C) groups is 1. The van der Waals surface area contributed by atoms with Crippen LogP contribution in [0.3, 0.4) is 0 Å².